The predicted molar refractivity (Wildman–Crippen MR) is 108 cm³/mol. The summed E-state index contributed by atoms with van der Waals surface area (Å²) in [5, 5.41) is 11.3. The molecule has 0 unspecified atom stereocenters. The van der Waals surface area contributed by atoms with Gasteiger partial charge in [-0.25, -0.2) is 9.48 Å². The molecule has 0 saturated heterocycles. The quantitative estimate of drug-likeness (QED) is 0.614. The van der Waals surface area contributed by atoms with Gasteiger partial charge in [0.1, 0.15) is 5.00 Å². The van der Waals surface area contributed by atoms with Crippen LogP contribution in [0.4, 0.5) is 5.00 Å². The van der Waals surface area contributed by atoms with Gasteiger partial charge in [0.15, 0.2) is 5.69 Å². The molecule has 0 radical (unpaired) electrons. The standard InChI is InChI=1S/C20H22N4O3S/c1-4-15-13(3)28-19(17(15)20(26)27-5-2)21-18(25)16-12-24(23-22-16)11-14-9-7-6-8-10-14/h6-10,12H,4-5,11H2,1-3H3,(H,21,25). The van der Waals surface area contributed by atoms with Crippen molar-refractivity contribution < 1.29 is 14.3 Å². The molecule has 0 aliphatic heterocycles. The first-order chi connectivity index (χ1) is 13.5. The first kappa shape index (κ1) is 19.8. The number of nitrogens with zero attached hydrogens (tertiary/aromatic N) is 3. The second-order valence-electron chi connectivity index (χ2n) is 6.16. The Balaban J connectivity index is 1.79. The van der Waals surface area contributed by atoms with E-state index in [0.29, 0.717) is 23.5 Å². The van der Waals surface area contributed by atoms with Gasteiger partial charge in [0, 0.05) is 4.88 Å². The highest BCUT2D eigenvalue weighted by Gasteiger charge is 2.24. The van der Waals surface area contributed by atoms with Crippen molar-refractivity contribution >= 4 is 28.2 Å². The highest BCUT2D eigenvalue weighted by atomic mass is 32.1. The van der Waals surface area contributed by atoms with Crippen LogP contribution in [0.5, 0.6) is 0 Å². The van der Waals surface area contributed by atoms with Gasteiger partial charge in [-0.1, -0.05) is 42.5 Å². The number of hydrogen-bond acceptors (Lipinski definition) is 6. The SMILES string of the molecule is CCOC(=O)c1c(NC(=O)c2cn(Cc3ccccc3)nn2)sc(C)c1CC. The number of benzene rings is 1. The van der Waals surface area contributed by atoms with E-state index < -0.39 is 11.9 Å². The van der Waals surface area contributed by atoms with Crippen LogP contribution in [0.2, 0.25) is 0 Å². The van der Waals surface area contributed by atoms with Gasteiger partial charge in [0.05, 0.1) is 24.9 Å². The van der Waals surface area contributed by atoms with Crippen LogP contribution < -0.4 is 5.32 Å². The molecule has 1 N–H and O–H groups in total. The van der Waals surface area contributed by atoms with Crippen LogP contribution in [-0.4, -0.2) is 33.5 Å². The van der Waals surface area contributed by atoms with Crippen LogP contribution in [-0.2, 0) is 17.7 Å². The number of thiophene rings is 1. The van der Waals surface area contributed by atoms with Crippen molar-refractivity contribution in [2.24, 2.45) is 0 Å². The van der Waals surface area contributed by atoms with Crippen molar-refractivity contribution in [3.8, 4) is 0 Å². The fourth-order valence-electron chi connectivity index (χ4n) is 2.93. The average Bonchev–Trinajstić information content (AvgIpc) is 3.26. The number of nitrogens with one attached hydrogen (secondary N) is 1. The highest BCUT2D eigenvalue weighted by Crippen LogP contribution is 2.34. The fourth-order valence-corrected chi connectivity index (χ4v) is 4.06. The zero-order chi connectivity index (χ0) is 20.1. The number of aryl methyl sites for hydroxylation is 1. The molecule has 2 aromatic heterocycles. The number of ether oxygens (including phenoxy) is 1. The lowest BCUT2D eigenvalue weighted by molar-refractivity contribution is 0.0527. The first-order valence-corrected chi connectivity index (χ1v) is 9.89. The molecule has 0 aliphatic carbocycles. The maximum absolute atomic E-state index is 12.6. The molecule has 3 aromatic rings. The topological polar surface area (TPSA) is 86.1 Å². The summed E-state index contributed by atoms with van der Waals surface area (Å²) in [5.74, 6) is -0.833. The number of esters is 1. The van der Waals surface area contributed by atoms with Crippen LogP contribution in [0.1, 0.15) is 50.7 Å². The number of aromatic nitrogens is 3. The molecule has 0 aliphatic rings. The lowest BCUT2D eigenvalue weighted by Crippen LogP contribution is -2.15. The Kier molecular flexibility index (Phi) is 6.20. The summed E-state index contributed by atoms with van der Waals surface area (Å²) in [4.78, 5) is 26.0. The van der Waals surface area contributed by atoms with Gasteiger partial charge in [0.2, 0.25) is 0 Å². The molecule has 8 heteroatoms. The number of anilines is 1. The van der Waals surface area contributed by atoms with E-state index in [1.165, 1.54) is 11.3 Å². The lowest BCUT2D eigenvalue weighted by Gasteiger charge is -2.07. The molecule has 0 fully saturated rings. The minimum absolute atomic E-state index is 0.190. The lowest BCUT2D eigenvalue weighted by atomic mass is 10.1. The van der Waals surface area contributed by atoms with Crippen LogP contribution in [0, 0.1) is 6.92 Å². The Labute approximate surface area is 167 Å². The minimum atomic E-state index is -0.424. The summed E-state index contributed by atoms with van der Waals surface area (Å²) in [5.41, 5.74) is 2.57. The second kappa shape index (κ2) is 8.79. The van der Waals surface area contributed by atoms with Crippen LogP contribution in [0.3, 0.4) is 0 Å². The molecule has 146 valence electrons. The summed E-state index contributed by atoms with van der Waals surface area (Å²) >= 11 is 1.36. The summed E-state index contributed by atoms with van der Waals surface area (Å²) in [7, 11) is 0. The van der Waals surface area contributed by atoms with Gasteiger partial charge in [-0.2, -0.15) is 0 Å². The van der Waals surface area contributed by atoms with E-state index in [1.54, 1.807) is 17.8 Å². The summed E-state index contributed by atoms with van der Waals surface area (Å²) in [6.45, 7) is 6.45. The smallest absolute Gasteiger partial charge is 0.341 e. The maximum Gasteiger partial charge on any atom is 0.341 e. The Morgan fingerprint density at radius 2 is 1.96 bits per heavy atom. The van der Waals surface area contributed by atoms with Crippen molar-refractivity contribution in [3.05, 3.63) is 63.8 Å². The molecule has 0 saturated carbocycles. The van der Waals surface area contributed by atoms with Crippen LogP contribution in [0.25, 0.3) is 0 Å². The normalized spacial score (nSPS) is 10.7. The van der Waals surface area contributed by atoms with E-state index in [9.17, 15) is 9.59 Å². The Morgan fingerprint density at radius 3 is 2.64 bits per heavy atom. The molecular formula is C20H22N4O3S. The third-order valence-corrected chi connectivity index (χ3v) is 5.29. The van der Waals surface area contributed by atoms with E-state index in [2.05, 4.69) is 15.6 Å². The zero-order valence-electron chi connectivity index (χ0n) is 16.1. The summed E-state index contributed by atoms with van der Waals surface area (Å²) in [6, 6.07) is 9.79. The average molecular weight is 398 g/mol. The van der Waals surface area contributed by atoms with Crippen molar-refractivity contribution in [3.63, 3.8) is 0 Å². The van der Waals surface area contributed by atoms with E-state index >= 15 is 0 Å². The van der Waals surface area contributed by atoms with Gasteiger partial charge >= 0.3 is 5.97 Å². The molecule has 3 rings (SSSR count). The molecule has 0 bridgehead atoms. The van der Waals surface area contributed by atoms with Gasteiger partial charge in [-0.3, -0.25) is 4.79 Å². The number of carbonyl (C=O) groups is 2. The molecular weight excluding hydrogens is 376 g/mol. The summed E-state index contributed by atoms with van der Waals surface area (Å²) in [6.07, 6.45) is 2.27. The Morgan fingerprint density at radius 1 is 1.21 bits per heavy atom. The number of rotatable bonds is 7. The van der Waals surface area contributed by atoms with Gasteiger partial charge in [0.25, 0.3) is 5.91 Å². The minimum Gasteiger partial charge on any atom is -0.462 e. The van der Waals surface area contributed by atoms with E-state index in [0.717, 1.165) is 16.0 Å². The molecule has 1 amide bonds. The zero-order valence-corrected chi connectivity index (χ0v) is 16.9. The van der Waals surface area contributed by atoms with Crippen molar-refractivity contribution in [1.82, 2.24) is 15.0 Å². The summed E-state index contributed by atoms with van der Waals surface area (Å²) < 4.78 is 6.77. The largest absolute Gasteiger partial charge is 0.462 e. The third-order valence-electron chi connectivity index (χ3n) is 4.23. The van der Waals surface area contributed by atoms with E-state index in [1.807, 2.05) is 44.2 Å². The first-order valence-electron chi connectivity index (χ1n) is 9.08. The van der Waals surface area contributed by atoms with E-state index in [-0.39, 0.29) is 12.3 Å². The van der Waals surface area contributed by atoms with Crippen LogP contribution in [0.15, 0.2) is 36.5 Å². The van der Waals surface area contributed by atoms with Crippen molar-refractivity contribution in [2.75, 3.05) is 11.9 Å². The maximum atomic E-state index is 12.6. The number of carbonyl (C=O) groups excluding carboxylic acids is 2. The van der Waals surface area contributed by atoms with E-state index in [4.69, 9.17) is 4.74 Å². The number of amides is 1. The molecule has 28 heavy (non-hydrogen) atoms. The van der Waals surface area contributed by atoms with Crippen LogP contribution >= 0.6 is 11.3 Å². The molecule has 0 spiro atoms. The fraction of sp³-hybridized carbons (Fsp3) is 0.300. The number of hydrogen-bond donors (Lipinski definition) is 1. The molecule has 0 atom stereocenters. The van der Waals surface area contributed by atoms with Gasteiger partial charge in [-0.05, 0) is 31.4 Å². The second-order valence-corrected chi connectivity index (χ2v) is 7.38. The highest BCUT2D eigenvalue weighted by molar-refractivity contribution is 7.16. The van der Waals surface area contributed by atoms with Gasteiger partial charge in [-0.15, -0.1) is 16.4 Å². The van der Waals surface area contributed by atoms with Crippen molar-refractivity contribution in [1.29, 1.82) is 0 Å². The Bertz CT molecular complexity index is 979. The third kappa shape index (κ3) is 4.28. The molecule has 2 heterocycles. The van der Waals surface area contributed by atoms with Crippen molar-refractivity contribution in [2.45, 2.75) is 33.7 Å². The molecule has 1 aromatic carbocycles. The monoisotopic (exact) mass is 398 g/mol. The predicted octanol–water partition coefficient (Wildman–Crippen LogP) is 3.69. The Hall–Kier alpha value is -3.00. The molecule has 7 nitrogen and oxygen atoms in total. The van der Waals surface area contributed by atoms with Gasteiger partial charge < -0.3 is 10.1 Å².